The van der Waals surface area contributed by atoms with Gasteiger partial charge in [0.05, 0.1) is 6.61 Å². The fourth-order valence-electron chi connectivity index (χ4n) is 1.90. The van der Waals surface area contributed by atoms with E-state index < -0.39 is 0 Å². The highest BCUT2D eigenvalue weighted by Crippen LogP contribution is 2.12. The predicted molar refractivity (Wildman–Crippen MR) is 65.3 cm³/mol. The molecule has 1 rings (SSSR count). The Balaban J connectivity index is 2.54. The van der Waals surface area contributed by atoms with Crippen LogP contribution in [0.25, 0.3) is 0 Å². The first kappa shape index (κ1) is 13.2. The van der Waals surface area contributed by atoms with Crippen LogP contribution in [0.15, 0.2) is 12.4 Å². The summed E-state index contributed by atoms with van der Waals surface area (Å²) in [4.78, 5) is 4.18. The van der Waals surface area contributed by atoms with Gasteiger partial charge in [0.1, 0.15) is 5.82 Å². The zero-order valence-electron chi connectivity index (χ0n) is 10.7. The molecular formula is C12H23N3O. The lowest BCUT2D eigenvalue weighted by Gasteiger charge is -2.31. The van der Waals surface area contributed by atoms with Crippen molar-refractivity contribution in [2.24, 2.45) is 0 Å². The van der Waals surface area contributed by atoms with Crippen LogP contribution in [0.1, 0.15) is 33.0 Å². The average molecular weight is 225 g/mol. The van der Waals surface area contributed by atoms with Crippen molar-refractivity contribution in [2.75, 3.05) is 6.61 Å². The number of aliphatic hydroxyl groups is 1. The second-order valence-corrected chi connectivity index (χ2v) is 4.94. The quantitative estimate of drug-likeness (QED) is 0.768. The molecule has 0 saturated carbocycles. The minimum absolute atomic E-state index is 0.152. The summed E-state index contributed by atoms with van der Waals surface area (Å²) in [5.74, 6) is 1.02. The first-order valence-electron chi connectivity index (χ1n) is 5.83. The summed E-state index contributed by atoms with van der Waals surface area (Å²) in [6.07, 6.45) is 4.67. The van der Waals surface area contributed by atoms with E-state index in [1.54, 1.807) is 0 Å². The van der Waals surface area contributed by atoms with Crippen LogP contribution in [-0.4, -0.2) is 32.8 Å². The third-order valence-electron chi connectivity index (χ3n) is 2.81. The summed E-state index contributed by atoms with van der Waals surface area (Å²) in [6.45, 7) is 9.26. The molecule has 4 heteroatoms. The number of nitrogens with zero attached hydrogens (tertiary/aromatic N) is 2. The predicted octanol–water partition coefficient (Wildman–Crippen LogP) is 1.33. The summed E-state index contributed by atoms with van der Waals surface area (Å²) in [7, 11) is 0. The van der Waals surface area contributed by atoms with Gasteiger partial charge in [-0.15, -0.1) is 0 Å². The lowest BCUT2D eigenvalue weighted by molar-refractivity contribution is 0.152. The van der Waals surface area contributed by atoms with Crippen LogP contribution in [0.5, 0.6) is 0 Å². The van der Waals surface area contributed by atoms with Gasteiger partial charge >= 0.3 is 0 Å². The van der Waals surface area contributed by atoms with Crippen molar-refractivity contribution in [3.63, 3.8) is 0 Å². The summed E-state index contributed by atoms with van der Waals surface area (Å²) in [6, 6.07) is 0.376. The van der Waals surface area contributed by atoms with E-state index in [0.717, 1.165) is 18.8 Å². The number of nitrogens with one attached hydrogen (secondary N) is 1. The molecule has 0 aliphatic rings. The zero-order chi connectivity index (χ0) is 12.2. The monoisotopic (exact) mass is 225 g/mol. The van der Waals surface area contributed by atoms with Gasteiger partial charge in [0, 0.05) is 30.5 Å². The Morgan fingerprint density at radius 1 is 1.56 bits per heavy atom. The third kappa shape index (κ3) is 3.61. The SMILES string of the molecule is Cc1nccn1CCC(C)(CO)NC(C)C. The van der Waals surface area contributed by atoms with Crippen LogP contribution < -0.4 is 5.32 Å². The molecule has 0 saturated heterocycles. The normalized spacial score (nSPS) is 15.4. The fourth-order valence-corrected chi connectivity index (χ4v) is 1.90. The van der Waals surface area contributed by atoms with Crippen LogP contribution in [0.2, 0.25) is 0 Å². The molecule has 2 N–H and O–H groups in total. The number of rotatable bonds is 6. The Morgan fingerprint density at radius 3 is 2.69 bits per heavy atom. The molecule has 0 amide bonds. The van der Waals surface area contributed by atoms with Gasteiger partial charge in [0.15, 0.2) is 0 Å². The molecule has 0 aromatic carbocycles. The number of hydrogen-bond donors (Lipinski definition) is 2. The van der Waals surface area contributed by atoms with Gasteiger partial charge in [-0.1, -0.05) is 13.8 Å². The number of aryl methyl sites for hydroxylation is 2. The standard InChI is InChI=1S/C12H23N3O/c1-10(2)14-12(4,9-16)5-7-15-8-6-13-11(15)3/h6,8,10,14,16H,5,7,9H2,1-4H3. The van der Waals surface area contributed by atoms with E-state index in [9.17, 15) is 5.11 Å². The molecule has 0 aliphatic carbocycles. The molecule has 92 valence electrons. The van der Waals surface area contributed by atoms with E-state index in [0.29, 0.717) is 6.04 Å². The van der Waals surface area contributed by atoms with Crippen LogP contribution in [0.4, 0.5) is 0 Å². The highest BCUT2D eigenvalue weighted by molar-refractivity contribution is 4.91. The summed E-state index contributed by atoms with van der Waals surface area (Å²) >= 11 is 0. The molecule has 0 aliphatic heterocycles. The Kier molecular flexibility index (Phi) is 4.50. The van der Waals surface area contributed by atoms with Gasteiger partial charge in [0.2, 0.25) is 0 Å². The zero-order valence-corrected chi connectivity index (χ0v) is 10.7. The Hall–Kier alpha value is -0.870. The smallest absolute Gasteiger partial charge is 0.105 e. The minimum atomic E-state index is -0.217. The third-order valence-corrected chi connectivity index (χ3v) is 2.81. The largest absolute Gasteiger partial charge is 0.394 e. The van der Waals surface area contributed by atoms with E-state index in [1.807, 2.05) is 19.3 Å². The maximum absolute atomic E-state index is 9.44. The Labute approximate surface area is 97.7 Å². The highest BCUT2D eigenvalue weighted by Gasteiger charge is 2.23. The number of aromatic nitrogens is 2. The van der Waals surface area contributed by atoms with Crippen molar-refractivity contribution in [1.82, 2.24) is 14.9 Å². The van der Waals surface area contributed by atoms with E-state index in [4.69, 9.17) is 0 Å². The van der Waals surface area contributed by atoms with Crippen LogP contribution in [0.3, 0.4) is 0 Å². The summed E-state index contributed by atoms with van der Waals surface area (Å²) in [5, 5.41) is 12.8. The van der Waals surface area contributed by atoms with Crippen molar-refractivity contribution in [3.8, 4) is 0 Å². The average Bonchev–Trinajstić information content (AvgIpc) is 2.60. The first-order chi connectivity index (χ1) is 7.47. The highest BCUT2D eigenvalue weighted by atomic mass is 16.3. The van der Waals surface area contributed by atoms with Crippen molar-refractivity contribution in [2.45, 2.75) is 52.2 Å². The molecule has 0 radical (unpaired) electrons. The van der Waals surface area contributed by atoms with Crippen molar-refractivity contribution < 1.29 is 5.11 Å². The number of aliphatic hydroxyl groups excluding tert-OH is 1. The molecule has 1 atom stereocenters. The first-order valence-corrected chi connectivity index (χ1v) is 5.83. The Bertz CT molecular complexity index is 322. The number of imidazole rings is 1. The van der Waals surface area contributed by atoms with Gasteiger partial charge in [-0.2, -0.15) is 0 Å². The maximum atomic E-state index is 9.44. The minimum Gasteiger partial charge on any atom is -0.394 e. The van der Waals surface area contributed by atoms with Gasteiger partial charge in [0.25, 0.3) is 0 Å². The lowest BCUT2D eigenvalue weighted by atomic mass is 9.98. The van der Waals surface area contributed by atoms with E-state index in [-0.39, 0.29) is 12.1 Å². The van der Waals surface area contributed by atoms with Crippen LogP contribution in [-0.2, 0) is 6.54 Å². The molecule has 1 unspecified atom stereocenters. The molecule has 1 aromatic heterocycles. The summed E-state index contributed by atoms with van der Waals surface area (Å²) < 4.78 is 2.11. The Morgan fingerprint density at radius 2 is 2.25 bits per heavy atom. The molecule has 0 fully saturated rings. The molecule has 1 heterocycles. The van der Waals surface area contributed by atoms with Crippen molar-refractivity contribution >= 4 is 0 Å². The molecule has 1 aromatic rings. The molecule has 16 heavy (non-hydrogen) atoms. The summed E-state index contributed by atoms with van der Waals surface area (Å²) in [5.41, 5.74) is -0.217. The second kappa shape index (κ2) is 5.46. The van der Waals surface area contributed by atoms with Gasteiger partial charge in [-0.05, 0) is 20.3 Å². The van der Waals surface area contributed by atoms with Crippen molar-refractivity contribution in [1.29, 1.82) is 0 Å². The maximum Gasteiger partial charge on any atom is 0.105 e. The lowest BCUT2D eigenvalue weighted by Crippen LogP contribution is -2.49. The topological polar surface area (TPSA) is 50.1 Å². The second-order valence-electron chi connectivity index (χ2n) is 4.94. The van der Waals surface area contributed by atoms with Crippen LogP contribution >= 0.6 is 0 Å². The van der Waals surface area contributed by atoms with Gasteiger partial charge < -0.3 is 15.0 Å². The van der Waals surface area contributed by atoms with E-state index in [1.165, 1.54) is 0 Å². The molecule has 0 bridgehead atoms. The van der Waals surface area contributed by atoms with E-state index >= 15 is 0 Å². The fraction of sp³-hybridized carbons (Fsp3) is 0.750. The van der Waals surface area contributed by atoms with E-state index in [2.05, 4.69) is 35.6 Å². The van der Waals surface area contributed by atoms with Crippen molar-refractivity contribution in [3.05, 3.63) is 18.2 Å². The molecular weight excluding hydrogens is 202 g/mol. The van der Waals surface area contributed by atoms with Gasteiger partial charge in [-0.25, -0.2) is 4.98 Å². The molecule has 0 spiro atoms. The number of hydrogen-bond acceptors (Lipinski definition) is 3. The molecule has 4 nitrogen and oxygen atoms in total. The van der Waals surface area contributed by atoms with Crippen LogP contribution in [0, 0.1) is 6.92 Å². The van der Waals surface area contributed by atoms with Gasteiger partial charge in [-0.3, -0.25) is 0 Å².